The Kier molecular flexibility index (Phi) is 4.94. The average molecular weight is 360 g/mol. The summed E-state index contributed by atoms with van der Waals surface area (Å²) in [5.74, 6) is 0.0708. The van der Waals surface area contributed by atoms with Crippen molar-refractivity contribution < 1.29 is 17.9 Å². The fourth-order valence-corrected chi connectivity index (χ4v) is 3.66. The van der Waals surface area contributed by atoms with Crippen molar-refractivity contribution in [2.75, 3.05) is 23.7 Å². The smallest absolute Gasteiger partial charge is 0.263 e. The molecule has 3 rings (SSSR count). The van der Waals surface area contributed by atoms with Crippen LogP contribution in [0, 0.1) is 0 Å². The molecule has 0 saturated heterocycles. The van der Waals surface area contributed by atoms with Gasteiger partial charge >= 0.3 is 0 Å². The minimum atomic E-state index is -3.50. The number of fused-ring (bicyclic) bond motifs is 1. The standard InChI is InChI=1S/C18H20N2O4S/c1-25(22,23)20-13-17(24-16-10-6-5-9-15(16)20)18(21)19-12-11-14-7-3-2-4-8-14/h2-10,17H,11-13H2,1H3,(H,19,21)/t17-/m0/s1. The van der Waals surface area contributed by atoms with E-state index in [1.54, 1.807) is 24.3 Å². The van der Waals surface area contributed by atoms with E-state index in [0.717, 1.165) is 11.8 Å². The first-order valence-electron chi connectivity index (χ1n) is 8.00. The molecule has 0 saturated carbocycles. The molecule has 1 aliphatic heterocycles. The zero-order valence-corrected chi connectivity index (χ0v) is 14.7. The predicted molar refractivity (Wildman–Crippen MR) is 96.2 cm³/mol. The van der Waals surface area contributed by atoms with Crippen LogP contribution in [0.2, 0.25) is 0 Å². The molecule has 25 heavy (non-hydrogen) atoms. The summed E-state index contributed by atoms with van der Waals surface area (Å²) < 4.78 is 31.0. The summed E-state index contributed by atoms with van der Waals surface area (Å²) >= 11 is 0. The van der Waals surface area contributed by atoms with Crippen LogP contribution in [0.3, 0.4) is 0 Å². The number of nitrogens with zero attached hydrogens (tertiary/aromatic N) is 1. The molecule has 0 aliphatic carbocycles. The maximum absolute atomic E-state index is 12.4. The van der Waals surface area contributed by atoms with E-state index in [2.05, 4.69) is 5.32 Å². The number of hydrogen-bond donors (Lipinski definition) is 1. The van der Waals surface area contributed by atoms with Crippen LogP contribution in [0.1, 0.15) is 5.56 Å². The lowest BCUT2D eigenvalue weighted by Crippen LogP contribution is -2.50. The van der Waals surface area contributed by atoms with Crippen molar-refractivity contribution in [1.29, 1.82) is 0 Å². The Labute approximate surface area is 147 Å². The largest absolute Gasteiger partial charge is 0.476 e. The molecule has 1 aliphatic rings. The number of nitrogens with one attached hydrogen (secondary N) is 1. The van der Waals surface area contributed by atoms with Crippen LogP contribution in [-0.4, -0.2) is 39.8 Å². The number of hydrogen-bond acceptors (Lipinski definition) is 4. The van der Waals surface area contributed by atoms with E-state index < -0.39 is 16.1 Å². The molecule has 132 valence electrons. The van der Waals surface area contributed by atoms with Crippen LogP contribution in [0.5, 0.6) is 5.75 Å². The second kappa shape index (κ2) is 7.14. The molecule has 0 spiro atoms. The van der Waals surface area contributed by atoms with Gasteiger partial charge < -0.3 is 10.1 Å². The van der Waals surface area contributed by atoms with Gasteiger partial charge in [0.05, 0.1) is 18.5 Å². The fourth-order valence-electron chi connectivity index (χ4n) is 2.74. The molecule has 1 heterocycles. The maximum atomic E-state index is 12.4. The molecule has 6 nitrogen and oxygen atoms in total. The molecule has 1 atom stereocenters. The first-order chi connectivity index (χ1) is 11.9. The van der Waals surface area contributed by atoms with Gasteiger partial charge in [-0.05, 0) is 24.1 Å². The lowest BCUT2D eigenvalue weighted by atomic mass is 10.1. The Bertz CT molecular complexity index is 852. The fraction of sp³-hybridized carbons (Fsp3) is 0.278. The Morgan fingerprint density at radius 3 is 2.56 bits per heavy atom. The summed E-state index contributed by atoms with van der Waals surface area (Å²) in [5.41, 5.74) is 1.58. The predicted octanol–water partition coefficient (Wildman–Crippen LogP) is 1.57. The minimum absolute atomic E-state index is 0.0347. The van der Waals surface area contributed by atoms with E-state index in [0.29, 0.717) is 24.4 Å². The van der Waals surface area contributed by atoms with Gasteiger partial charge in [-0.15, -0.1) is 0 Å². The molecule has 0 aromatic heterocycles. The van der Waals surface area contributed by atoms with Crippen molar-refractivity contribution in [3.8, 4) is 5.75 Å². The second-order valence-electron chi connectivity index (χ2n) is 5.89. The van der Waals surface area contributed by atoms with E-state index in [-0.39, 0.29) is 12.5 Å². The summed E-state index contributed by atoms with van der Waals surface area (Å²) in [6.07, 6.45) is 0.950. The molecule has 1 N–H and O–H groups in total. The van der Waals surface area contributed by atoms with Crippen molar-refractivity contribution in [2.24, 2.45) is 0 Å². The molecular weight excluding hydrogens is 340 g/mol. The van der Waals surface area contributed by atoms with Gasteiger partial charge in [-0.3, -0.25) is 9.10 Å². The van der Waals surface area contributed by atoms with Crippen LogP contribution < -0.4 is 14.4 Å². The van der Waals surface area contributed by atoms with Crippen LogP contribution >= 0.6 is 0 Å². The zero-order valence-electron chi connectivity index (χ0n) is 13.9. The lowest BCUT2D eigenvalue weighted by Gasteiger charge is -2.33. The third-order valence-electron chi connectivity index (χ3n) is 3.98. The Balaban J connectivity index is 1.67. The number of benzene rings is 2. The van der Waals surface area contributed by atoms with Crippen molar-refractivity contribution in [3.63, 3.8) is 0 Å². The molecule has 2 aromatic rings. The number of rotatable bonds is 5. The van der Waals surface area contributed by atoms with E-state index in [1.807, 2.05) is 30.3 Å². The van der Waals surface area contributed by atoms with Crippen molar-refractivity contribution >= 4 is 21.6 Å². The highest BCUT2D eigenvalue weighted by Crippen LogP contribution is 2.34. The highest BCUT2D eigenvalue weighted by molar-refractivity contribution is 7.92. The van der Waals surface area contributed by atoms with Crippen LogP contribution in [0.4, 0.5) is 5.69 Å². The third-order valence-corrected chi connectivity index (χ3v) is 5.13. The van der Waals surface area contributed by atoms with Crippen molar-refractivity contribution in [1.82, 2.24) is 5.32 Å². The monoisotopic (exact) mass is 360 g/mol. The number of ether oxygens (including phenoxy) is 1. The quantitative estimate of drug-likeness (QED) is 0.878. The summed E-state index contributed by atoms with van der Waals surface area (Å²) in [6, 6.07) is 16.6. The second-order valence-corrected chi connectivity index (χ2v) is 7.80. The van der Waals surface area contributed by atoms with Gasteiger partial charge in [0.1, 0.15) is 5.75 Å². The summed E-state index contributed by atoms with van der Waals surface area (Å²) in [6.45, 7) is 0.427. The normalized spacial score (nSPS) is 16.7. The number of amides is 1. The summed E-state index contributed by atoms with van der Waals surface area (Å²) in [5, 5.41) is 2.82. The molecule has 0 bridgehead atoms. The van der Waals surface area contributed by atoms with E-state index in [9.17, 15) is 13.2 Å². The van der Waals surface area contributed by atoms with E-state index in [4.69, 9.17) is 4.74 Å². The van der Waals surface area contributed by atoms with Crippen molar-refractivity contribution in [2.45, 2.75) is 12.5 Å². The molecular formula is C18H20N2O4S. The SMILES string of the molecule is CS(=O)(=O)N1C[C@@H](C(=O)NCCc2ccccc2)Oc2ccccc21. The number of anilines is 1. The zero-order chi connectivity index (χ0) is 17.9. The number of para-hydroxylation sites is 2. The summed E-state index contributed by atoms with van der Waals surface area (Å²) in [7, 11) is -3.50. The topological polar surface area (TPSA) is 75.7 Å². The van der Waals surface area contributed by atoms with Crippen LogP contribution in [-0.2, 0) is 21.2 Å². The highest BCUT2D eigenvalue weighted by Gasteiger charge is 2.34. The molecule has 0 unspecified atom stereocenters. The molecule has 7 heteroatoms. The van der Waals surface area contributed by atoms with Gasteiger partial charge in [0.15, 0.2) is 6.10 Å². The van der Waals surface area contributed by atoms with E-state index >= 15 is 0 Å². The molecule has 0 fully saturated rings. The van der Waals surface area contributed by atoms with E-state index in [1.165, 1.54) is 4.31 Å². The minimum Gasteiger partial charge on any atom is -0.476 e. The Hall–Kier alpha value is -2.54. The highest BCUT2D eigenvalue weighted by atomic mass is 32.2. The molecule has 1 amide bonds. The third kappa shape index (κ3) is 4.11. The Morgan fingerprint density at radius 1 is 1.16 bits per heavy atom. The van der Waals surface area contributed by atoms with Crippen LogP contribution in [0.25, 0.3) is 0 Å². The number of carbonyl (C=O) groups excluding carboxylic acids is 1. The maximum Gasteiger partial charge on any atom is 0.263 e. The van der Waals surface area contributed by atoms with Gasteiger partial charge in [-0.2, -0.15) is 0 Å². The van der Waals surface area contributed by atoms with Gasteiger partial charge in [-0.25, -0.2) is 8.42 Å². The van der Waals surface area contributed by atoms with Crippen molar-refractivity contribution in [3.05, 3.63) is 60.2 Å². The summed E-state index contributed by atoms with van der Waals surface area (Å²) in [4.78, 5) is 12.4. The van der Waals surface area contributed by atoms with Gasteiger partial charge in [0.2, 0.25) is 10.0 Å². The van der Waals surface area contributed by atoms with Gasteiger partial charge in [0.25, 0.3) is 5.91 Å². The molecule has 0 radical (unpaired) electrons. The first kappa shape index (κ1) is 17.3. The van der Waals surface area contributed by atoms with Gasteiger partial charge in [0, 0.05) is 6.54 Å². The number of sulfonamides is 1. The van der Waals surface area contributed by atoms with Crippen LogP contribution in [0.15, 0.2) is 54.6 Å². The number of carbonyl (C=O) groups is 1. The average Bonchev–Trinajstić information content (AvgIpc) is 2.60. The van der Waals surface area contributed by atoms with Gasteiger partial charge in [-0.1, -0.05) is 42.5 Å². The lowest BCUT2D eigenvalue weighted by molar-refractivity contribution is -0.127. The first-order valence-corrected chi connectivity index (χ1v) is 9.85. The molecule has 2 aromatic carbocycles. The Morgan fingerprint density at radius 2 is 1.84 bits per heavy atom.